The number of carbonyl (C=O) groups is 2. The maximum absolute atomic E-state index is 13.6. The smallest absolute Gasteiger partial charge is 0.282 e. The summed E-state index contributed by atoms with van der Waals surface area (Å²) in [6.07, 6.45) is 3.49. The number of alkyl halides is 2. The molecular formula is C31H33F2N7O4. The number of hydrogen-bond acceptors (Lipinski definition) is 8. The first kappa shape index (κ1) is 30.8. The number of amides is 2. The Labute approximate surface area is 252 Å². The Morgan fingerprint density at radius 3 is 2.55 bits per heavy atom. The highest BCUT2D eigenvalue weighted by molar-refractivity contribution is 6.05. The van der Waals surface area contributed by atoms with Crippen molar-refractivity contribution in [1.29, 1.82) is 5.26 Å². The van der Waals surface area contributed by atoms with Gasteiger partial charge in [-0.3, -0.25) is 14.4 Å². The highest BCUT2D eigenvalue weighted by atomic mass is 19.3. The molecule has 1 saturated heterocycles. The van der Waals surface area contributed by atoms with Crippen LogP contribution in [0.2, 0.25) is 0 Å². The van der Waals surface area contributed by atoms with Gasteiger partial charge in [-0.05, 0) is 66.8 Å². The van der Waals surface area contributed by atoms with E-state index >= 15 is 0 Å². The number of nitriles is 1. The number of halogens is 2. The van der Waals surface area contributed by atoms with E-state index in [-0.39, 0.29) is 28.6 Å². The molecule has 2 aliphatic rings. The molecule has 3 heterocycles. The molecule has 0 unspecified atom stereocenters. The van der Waals surface area contributed by atoms with Gasteiger partial charge in [-0.15, -0.1) is 0 Å². The lowest BCUT2D eigenvalue weighted by molar-refractivity contribution is -0.113. The average Bonchev–Trinajstić information content (AvgIpc) is 3.83. The van der Waals surface area contributed by atoms with E-state index in [4.69, 9.17) is 4.74 Å². The van der Waals surface area contributed by atoms with Crippen LogP contribution < -0.4 is 21.5 Å². The van der Waals surface area contributed by atoms with Crippen LogP contribution in [0.4, 0.5) is 20.4 Å². The maximum Gasteiger partial charge on any atom is 0.282 e. The summed E-state index contributed by atoms with van der Waals surface area (Å²) in [5, 5.41) is 18.5. The van der Waals surface area contributed by atoms with Crippen LogP contribution in [0.25, 0.3) is 11.1 Å². The van der Waals surface area contributed by atoms with Crippen LogP contribution in [0.1, 0.15) is 57.7 Å². The summed E-state index contributed by atoms with van der Waals surface area (Å²) in [6.45, 7) is 2.50. The zero-order valence-electron chi connectivity index (χ0n) is 24.5. The number of nitrogens with one attached hydrogen (secondary N) is 3. The lowest BCUT2D eigenvalue weighted by Crippen LogP contribution is -2.58. The van der Waals surface area contributed by atoms with Gasteiger partial charge in [0.2, 0.25) is 0 Å². The number of pyridine rings is 2. The van der Waals surface area contributed by atoms with Gasteiger partial charge in [0.1, 0.15) is 17.2 Å². The van der Waals surface area contributed by atoms with E-state index in [0.29, 0.717) is 43.2 Å². The van der Waals surface area contributed by atoms with Gasteiger partial charge in [0.05, 0.1) is 31.3 Å². The quantitative estimate of drug-likeness (QED) is 0.266. The molecule has 1 aliphatic carbocycles. The molecule has 3 N–H and O–H groups in total. The predicted octanol–water partition coefficient (Wildman–Crippen LogP) is 3.63. The molecule has 0 bridgehead atoms. The summed E-state index contributed by atoms with van der Waals surface area (Å²) in [6, 6.07) is 11.2. The van der Waals surface area contributed by atoms with Crippen molar-refractivity contribution in [3.05, 3.63) is 75.2 Å². The third-order valence-electron chi connectivity index (χ3n) is 7.34. The van der Waals surface area contributed by atoms with Crippen molar-refractivity contribution < 1.29 is 23.1 Å². The zero-order valence-corrected chi connectivity index (χ0v) is 24.5. The number of hydrogen-bond donors (Lipinski definition) is 3. The molecule has 11 nitrogen and oxygen atoms in total. The van der Waals surface area contributed by atoms with Gasteiger partial charge >= 0.3 is 0 Å². The summed E-state index contributed by atoms with van der Waals surface area (Å²) in [5.41, 5.74) is 1.44. The predicted molar refractivity (Wildman–Crippen MR) is 160 cm³/mol. The number of rotatable bonds is 12. The van der Waals surface area contributed by atoms with Gasteiger partial charge in [-0.2, -0.15) is 5.26 Å². The lowest BCUT2D eigenvalue weighted by atomic mass is 9.96. The summed E-state index contributed by atoms with van der Waals surface area (Å²) < 4.78 is 33.8. The largest absolute Gasteiger partial charge is 0.383 e. The molecule has 13 heteroatoms. The minimum atomic E-state index is -2.95. The number of ether oxygens (including phenoxy) is 1. The number of methoxy groups -OCH3 is 1. The normalized spacial score (nSPS) is 15.3. The van der Waals surface area contributed by atoms with Gasteiger partial charge in [-0.25, -0.2) is 13.8 Å². The van der Waals surface area contributed by atoms with Crippen LogP contribution in [0.15, 0.2) is 47.4 Å². The van der Waals surface area contributed by atoms with Gasteiger partial charge in [0.25, 0.3) is 23.3 Å². The number of likely N-dealkylation sites (tertiary alicyclic amines) is 1. The molecule has 230 valence electrons. The Balaban J connectivity index is 1.48. The topological polar surface area (TPSA) is 141 Å². The molecule has 5 rings (SSSR count). The van der Waals surface area contributed by atoms with Gasteiger partial charge in [0, 0.05) is 44.5 Å². The molecule has 1 saturated carbocycles. The van der Waals surface area contributed by atoms with Gasteiger partial charge < -0.3 is 30.2 Å². The van der Waals surface area contributed by atoms with E-state index in [0.717, 1.165) is 23.3 Å². The SMILES string of the molecule is CCNc1cc(-c2ccc(C#N)cc2C(=O)N2CC(F)(F)C2)cc(NC(=O)c2cc(CNCCOC)cn(C3CC3)c2=O)n1. The standard InChI is InChI=1S/C31H33F2N7O4/c1-3-36-26-12-21(23-7-4-19(14-34)10-24(23)29(42)39-17-31(32,33)18-39)13-27(37-26)38-28(41)25-11-20(15-35-8-9-44-2)16-40(30(25)43)22-5-6-22/h4,7,10-13,16,22,35H,3,5-6,8-9,15,17-18H2,1-2H3,(H2,36,37,38,41). The van der Waals surface area contributed by atoms with Crippen molar-refractivity contribution in [3.63, 3.8) is 0 Å². The summed E-state index contributed by atoms with van der Waals surface area (Å²) in [5.74, 6) is -3.74. The van der Waals surface area contributed by atoms with Crippen LogP contribution in [0, 0.1) is 11.3 Å². The van der Waals surface area contributed by atoms with Crippen molar-refractivity contribution in [1.82, 2.24) is 19.8 Å². The molecular weight excluding hydrogens is 572 g/mol. The van der Waals surface area contributed by atoms with E-state index < -0.39 is 36.4 Å². The molecule has 2 amide bonds. The molecule has 1 aliphatic heterocycles. The van der Waals surface area contributed by atoms with Crippen molar-refractivity contribution in [2.24, 2.45) is 0 Å². The van der Waals surface area contributed by atoms with Crippen molar-refractivity contribution in [3.8, 4) is 17.2 Å². The van der Waals surface area contributed by atoms with Gasteiger partial charge in [0.15, 0.2) is 0 Å². The molecule has 44 heavy (non-hydrogen) atoms. The first-order valence-corrected chi connectivity index (χ1v) is 14.4. The Morgan fingerprint density at radius 1 is 1.14 bits per heavy atom. The Morgan fingerprint density at radius 2 is 1.89 bits per heavy atom. The second-order valence-electron chi connectivity index (χ2n) is 10.9. The fourth-order valence-electron chi connectivity index (χ4n) is 5.03. The summed E-state index contributed by atoms with van der Waals surface area (Å²) in [7, 11) is 1.61. The first-order valence-electron chi connectivity index (χ1n) is 14.4. The molecule has 2 fully saturated rings. The van der Waals surface area contributed by atoms with Crippen LogP contribution in [0.3, 0.4) is 0 Å². The molecule has 0 atom stereocenters. The molecule has 3 aromatic rings. The van der Waals surface area contributed by atoms with Crippen molar-refractivity contribution in [2.45, 2.75) is 38.3 Å². The van der Waals surface area contributed by atoms with Crippen LogP contribution in [0.5, 0.6) is 0 Å². The zero-order chi connectivity index (χ0) is 31.4. The third kappa shape index (κ3) is 6.93. The second-order valence-corrected chi connectivity index (χ2v) is 10.9. The number of anilines is 2. The fourth-order valence-corrected chi connectivity index (χ4v) is 5.03. The number of nitrogens with zero attached hydrogens (tertiary/aromatic N) is 4. The fraction of sp³-hybridized carbons (Fsp3) is 0.387. The second kappa shape index (κ2) is 12.9. The minimum Gasteiger partial charge on any atom is -0.383 e. The first-order chi connectivity index (χ1) is 21.1. The van der Waals surface area contributed by atoms with E-state index in [1.807, 2.05) is 13.0 Å². The van der Waals surface area contributed by atoms with Crippen molar-refractivity contribution in [2.75, 3.05) is 50.5 Å². The summed E-state index contributed by atoms with van der Waals surface area (Å²) in [4.78, 5) is 45.6. The van der Waals surface area contributed by atoms with Crippen LogP contribution >= 0.6 is 0 Å². The Hall–Kier alpha value is -4.67. The number of benzene rings is 1. The minimum absolute atomic E-state index is 0.0342. The maximum atomic E-state index is 13.6. The lowest BCUT2D eigenvalue weighted by Gasteiger charge is -2.39. The number of carbonyl (C=O) groups excluding carboxylic acids is 2. The molecule has 0 spiro atoms. The molecule has 0 radical (unpaired) electrons. The molecule has 1 aromatic carbocycles. The van der Waals surface area contributed by atoms with E-state index in [2.05, 4.69) is 20.9 Å². The summed E-state index contributed by atoms with van der Waals surface area (Å²) >= 11 is 0. The van der Waals surface area contributed by atoms with Crippen LogP contribution in [-0.2, 0) is 11.3 Å². The average molecular weight is 606 g/mol. The van der Waals surface area contributed by atoms with E-state index in [1.165, 1.54) is 18.2 Å². The van der Waals surface area contributed by atoms with Crippen LogP contribution in [-0.4, -0.2) is 72.1 Å². The van der Waals surface area contributed by atoms with Crippen molar-refractivity contribution >= 4 is 23.5 Å². The Bertz CT molecular complexity index is 1670. The Kier molecular flexibility index (Phi) is 9.03. The van der Waals surface area contributed by atoms with E-state index in [1.54, 1.807) is 36.1 Å². The highest BCUT2D eigenvalue weighted by Crippen LogP contribution is 2.35. The monoisotopic (exact) mass is 605 g/mol. The van der Waals surface area contributed by atoms with Gasteiger partial charge in [-0.1, -0.05) is 6.07 Å². The highest BCUT2D eigenvalue weighted by Gasteiger charge is 2.46. The number of aromatic nitrogens is 2. The molecule has 2 aromatic heterocycles. The third-order valence-corrected chi connectivity index (χ3v) is 7.34. The van der Waals surface area contributed by atoms with E-state index in [9.17, 15) is 28.4 Å².